The molecule has 3 rings (SSSR count). The number of amides is 1. The highest BCUT2D eigenvalue weighted by Gasteiger charge is 2.32. The normalized spacial score (nSPS) is 14.0. The molecule has 0 aliphatic heterocycles. The number of hydrogen-bond acceptors (Lipinski definition) is 5. The molecule has 1 N–H and O–H groups in total. The Kier molecular flexibility index (Phi) is 5.73. The summed E-state index contributed by atoms with van der Waals surface area (Å²) in [6, 6.07) is 11.3. The summed E-state index contributed by atoms with van der Waals surface area (Å²) in [5.74, 6) is -1.77. The number of rotatable bonds is 5. The van der Waals surface area contributed by atoms with E-state index in [2.05, 4.69) is 5.32 Å². The monoisotopic (exact) mass is 391 g/mol. The van der Waals surface area contributed by atoms with Gasteiger partial charge in [0.25, 0.3) is 5.91 Å². The smallest absolute Gasteiger partial charge is 0.334 e. The van der Waals surface area contributed by atoms with E-state index >= 15 is 0 Å². The number of ether oxygens (including phenoxy) is 1. The van der Waals surface area contributed by atoms with Crippen LogP contribution in [0.4, 0.5) is 5.69 Å². The highest BCUT2D eigenvalue weighted by molar-refractivity contribution is 6.30. The molecular formula is C23H21NO5. The molecule has 0 spiro atoms. The predicted molar refractivity (Wildman–Crippen MR) is 108 cm³/mol. The first kappa shape index (κ1) is 20.2. The lowest BCUT2D eigenvalue weighted by molar-refractivity contribution is -0.149. The van der Waals surface area contributed by atoms with E-state index in [9.17, 15) is 19.2 Å². The molecule has 1 aliphatic carbocycles. The molecule has 1 amide bonds. The Morgan fingerprint density at radius 3 is 2.28 bits per heavy atom. The third kappa shape index (κ3) is 3.87. The van der Waals surface area contributed by atoms with E-state index in [1.807, 2.05) is 6.92 Å². The molecule has 2 aromatic carbocycles. The largest absolute Gasteiger partial charge is 0.449 e. The molecule has 0 saturated carbocycles. The molecule has 148 valence electrons. The van der Waals surface area contributed by atoms with Crippen LogP contribution in [0.1, 0.15) is 59.0 Å². The van der Waals surface area contributed by atoms with Crippen LogP contribution >= 0.6 is 0 Å². The van der Waals surface area contributed by atoms with Crippen LogP contribution in [-0.2, 0) is 14.3 Å². The quantitative estimate of drug-likeness (QED) is 0.529. The Labute approximate surface area is 168 Å². The number of esters is 1. The number of allylic oxidation sites excluding steroid dienone is 1. The van der Waals surface area contributed by atoms with Gasteiger partial charge in [-0.05, 0) is 26.3 Å². The predicted octanol–water partition coefficient (Wildman–Crippen LogP) is 3.69. The maximum Gasteiger partial charge on any atom is 0.334 e. The molecule has 29 heavy (non-hydrogen) atoms. The fraction of sp³-hybridized carbons (Fsp3) is 0.217. The Morgan fingerprint density at radius 1 is 1.00 bits per heavy atom. The number of benzene rings is 2. The van der Waals surface area contributed by atoms with E-state index in [1.54, 1.807) is 55.5 Å². The van der Waals surface area contributed by atoms with Crippen molar-refractivity contribution in [2.75, 3.05) is 5.32 Å². The number of ketones is 2. The zero-order chi connectivity index (χ0) is 21.1. The minimum Gasteiger partial charge on any atom is -0.449 e. The molecule has 1 atom stereocenters. The molecule has 0 fully saturated rings. The van der Waals surface area contributed by atoms with Gasteiger partial charge in [-0.15, -0.1) is 0 Å². The second-order valence-electron chi connectivity index (χ2n) is 6.76. The molecule has 6 nitrogen and oxygen atoms in total. The molecule has 2 aromatic rings. The molecular weight excluding hydrogens is 370 g/mol. The first-order valence-electron chi connectivity index (χ1n) is 9.35. The van der Waals surface area contributed by atoms with Crippen LogP contribution in [0.3, 0.4) is 0 Å². The van der Waals surface area contributed by atoms with E-state index in [1.165, 1.54) is 6.92 Å². The van der Waals surface area contributed by atoms with Crippen LogP contribution in [0.2, 0.25) is 0 Å². The summed E-state index contributed by atoms with van der Waals surface area (Å²) in [6.45, 7) is 4.96. The molecule has 0 radical (unpaired) electrons. The van der Waals surface area contributed by atoms with E-state index in [0.717, 1.165) is 0 Å². The Hall–Kier alpha value is -3.54. The van der Waals surface area contributed by atoms with Gasteiger partial charge in [-0.25, -0.2) is 4.79 Å². The van der Waals surface area contributed by atoms with Crippen molar-refractivity contribution >= 4 is 29.1 Å². The molecule has 6 heteroatoms. The van der Waals surface area contributed by atoms with Crippen molar-refractivity contribution in [1.29, 1.82) is 0 Å². The maximum absolute atomic E-state index is 13.0. The average Bonchev–Trinajstić information content (AvgIpc) is 2.72. The number of fused-ring (bicyclic) bond motifs is 2. The van der Waals surface area contributed by atoms with Crippen molar-refractivity contribution in [3.8, 4) is 0 Å². The van der Waals surface area contributed by atoms with Gasteiger partial charge >= 0.3 is 5.97 Å². The van der Waals surface area contributed by atoms with E-state index in [4.69, 9.17) is 4.74 Å². The Balaban J connectivity index is 1.86. The number of hydrogen-bond donors (Lipinski definition) is 1. The summed E-state index contributed by atoms with van der Waals surface area (Å²) < 4.78 is 5.18. The van der Waals surface area contributed by atoms with Gasteiger partial charge in [0.05, 0.1) is 11.3 Å². The molecule has 1 aliphatic rings. The van der Waals surface area contributed by atoms with Gasteiger partial charge in [0.1, 0.15) is 0 Å². The van der Waals surface area contributed by atoms with Crippen LogP contribution < -0.4 is 5.32 Å². The minimum absolute atomic E-state index is 0.144. The number of carbonyl (C=O) groups excluding carboxylic acids is 4. The van der Waals surface area contributed by atoms with Gasteiger partial charge in [0.15, 0.2) is 17.7 Å². The summed E-state index contributed by atoms with van der Waals surface area (Å²) in [5, 5.41) is 2.62. The summed E-state index contributed by atoms with van der Waals surface area (Å²) in [5.41, 5.74) is 1.65. The van der Waals surface area contributed by atoms with Crippen molar-refractivity contribution < 1.29 is 23.9 Å². The summed E-state index contributed by atoms with van der Waals surface area (Å²) >= 11 is 0. The minimum atomic E-state index is -1.07. The van der Waals surface area contributed by atoms with Crippen molar-refractivity contribution in [3.63, 3.8) is 0 Å². The van der Waals surface area contributed by atoms with Crippen LogP contribution in [0.25, 0.3) is 0 Å². The molecule has 0 aromatic heterocycles. The number of anilines is 1. The lowest BCUT2D eigenvalue weighted by Crippen LogP contribution is -2.31. The SMILES string of the molecule is CC/C=C(/C)C(=O)OC(C)C(=O)Nc1cccc2c1C(=O)c1ccccc1C2=O. The Bertz CT molecular complexity index is 1050. The zero-order valence-electron chi connectivity index (χ0n) is 16.4. The van der Waals surface area contributed by atoms with Gasteiger partial charge in [0.2, 0.25) is 0 Å². The van der Waals surface area contributed by atoms with Gasteiger partial charge in [0, 0.05) is 22.3 Å². The molecule has 1 unspecified atom stereocenters. The number of carbonyl (C=O) groups is 4. The average molecular weight is 391 g/mol. The van der Waals surface area contributed by atoms with Crippen molar-refractivity contribution in [3.05, 3.63) is 76.4 Å². The van der Waals surface area contributed by atoms with E-state index in [0.29, 0.717) is 23.1 Å². The van der Waals surface area contributed by atoms with E-state index < -0.39 is 18.0 Å². The summed E-state index contributed by atoms with van der Waals surface area (Å²) in [6.07, 6.45) is 1.32. The van der Waals surface area contributed by atoms with Crippen LogP contribution in [0.5, 0.6) is 0 Å². The van der Waals surface area contributed by atoms with E-state index in [-0.39, 0.29) is 28.4 Å². The first-order chi connectivity index (χ1) is 13.8. The second-order valence-corrected chi connectivity index (χ2v) is 6.76. The van der Waals surface area contributed by atoms with Gasteiger partial charge < -0.3 is 10.1 Å². The van der Waals surface area contributed by atoms with Gasteiger partial charge in [-0.3, -0.25) is 14.4 Å². The summed E-state index contributed by atoms with van der Waals surface area (Å²) in [7, 11) is 0. The standard InChI is InChI=1S/C23H21NO5/c1-4-8-13(2)23(28)29-14(3)22(27)24-18-12-7-11-17-19(18)21(26)16-10-6-5-9-15(16)20(17)25/h5-12,14H,4H2,1-3H3,(H,24,27)/b13-8-. The van der Waals surface area contributed by atoms with Gasteiger partial charge in [-0.2, -0.15) is 0 Å². The maximum atomic E-state index is 13.0. The topological polar surface area (TPSA) is 89.5 Å². The molecule has 0 saturated heterocycles. The summed E-state index contributed by atoms with van der Waals surface area (Å²) in [4.78, 5) is 50.3. The fourth-order valence-corrected chi connectivity index (χ4v) is 3.18. The van der Waals surface area contributed by atoms with Crippen molar-refractivity contribution in [1.82, 2.24) is 0 Å². The van der Waals surface area contributed by atoms with Crippen LogP contribution in [0.15, 0.2) is 54.1 Å². The van der Waals surface area contributed by atoms with Crippen molar-refractivity contribution in [2.24, 2.45) is 0 Å². The van der Waals surface area contributed by atoms with Gasteiger partial charge in [-0.1, -0.05) is 49.4 Å². The van der Waals surface area contributed by atoms with Crippen LogP contribution in [-0.4, -0.2) is 29.5 Å². The third-order valence-corrected chi connectivity index (χ3v) is 4.70. The highest BCUT2D eigenvalue weighted by Crippen LogP contribution is 2.32. The zero-order valence-corrected chi connectivity index (χ0v) is 16.4. The lowest BCUT2D eigenvalue weighted by Gasteiger charge is -2.21. The fourth-order valence-electron chi connectivity index (χ4n) is 3.18. The first-order valence-corrected chi connectivity index (χ1v) is 9.35. The lowest BCUT2D eigenvalue weighted by atomic mass is 9.83. The highest BCUT2D eigenvalue weighted by atomic mass is 16.5. The van der Waals surface area contributed by atoms with Crippen molar-refractivity contribution in [2.45, 2.75) is 33.3 Å². The Morgan fingerprint density at radius 2 is 1.62 bits per heavy atom. The third-order valence-electron chi connectivity index (χ3n) is 4.70. The number of nitrogens with one attached hydrogen (secondary N) is 1. The molecule has 0 heterocycles. The molecule has 0 bridgehead atoms. The van der Waals surface area contributed by atoms with Crippen LogP contribution in [0, 0.1) is 0 Å². The second kappa shape index (κ2) is 8.22.